The van der Waals surface area contributed by atoms with Crippen molar-refractivity contribution >= 4 is 0 Å². The van der Waals surface area contributed by atoms with Gasteiger partial charge >= 0.3 is 0 Å². The molecule has 0 bridgehead atoms. The van der Waals surface area contributed by atoms with Gasteiger partial charge in [-0.15, -0.1) is 0 Å². The fraction of sp³-hybridized carbons (Fsp3) is 0.154. The van der Waals surface area contributed by atoms with Gasteiger partial charge in [0.1, 0.15) is 0 Å². The van der Waals surface area contributed by atoms with Crippen LogP contribution in [0, 0.1) is 0 Å². The largest absolute Gasteiger partial charge is 0.298 e. The molecule has 2 aromatic rings. The zero-order valence-electron chi connectivity index (χ0n) is 8.30. The van der Waals surface area contributed by atoms with E-state index >= 15 is 0 Å². The molecule has 0 saturated carbocycles. The van der Waals surface area contributed by atoms with E-state index in [0.717, 1.165) is 5.69 Å². The third kappa shape index (κ3) is 1.64. The van der Waals surface area contributed by atoms with Crippen molar-refractivity contribution in [1.29, 1.82) is 0 Å². The maximum absolute atomic E-state index is 4.35. The van der Waals surface area contributed by atoms with E-state index in [9.17, 15) is 0 Å². The molecule has 0 aliphatic carbocycles. The molecule has 0 amide bonds. The molecule has 2 heterocycles. The molecule has 3 rings (SSSR count). The summed E-state index contributed by atoms with van der Waals surface area (Å²) >= 11 is 0. The molecule has 1 N–H and O–H groups in total. The quantitative estimate of drug-likeness (QED) is 0.749. The normalized spacial score (nSPS) is 23.7. The predicted octanol–water partition coefficient (Wildman–Crippen LogP) is 2.47. The lowest BCUT2D eigenvalue weighted by atomic mass is 10.1. The molecule has 0 unspecified atom stereocenters. The van der Waals surface area contributed by atoms with Crippen LogP contribution in [0.2, 0.25) is 0 Å². The molecule has 1 aromatic heterocycles. The van der Waals surface area contributed by atoms with Crippen molar-refractivity contribution in [2.75, 3.05) is 0 Å². The van der Waals surface area contributed by atoms with Crippen LogP contribution >= 0.6 is 0 Å². The van der Waals surface area contributed by atoms with E-state index in [4.69, 9.17) is 0 Å². The Morgan fingerprint density at radius 2 is 1.67 bits per heavy atom. The minimum Gasteiger partial charge on any atom is -0.298 e. The number of aromatic nitrogens is 1. The van der Waals surface area contributed by atoms with E-state index in [1.54, 1.807) is 0 Å². The summed E-state index contributed by atoms with van der Waals surface area (Å²) in [5, 5.41) is 3.44. The highest BCUT2D eigenvalue weighted by atomic mass is 15.2. The molecule has 1 aliphatic heterocycles. The van der Waals surface area contributed by atoms with Gasteiger partial charge in [-0.3, -0.25) is 10.3 Å². The maximum atomic E-state index is 4.35. The van der Waals surface area contributed by atoms with Crippen LogP contribution in [0.1, 0.15) is 23.3 Å². The molecule has 2 nitrogen and oxygen atoms in total. The van der Waals surface area contributed by atoms with Crippen molar-refractivity contribution in [3.8, 4) is 0 Å². The summed E-state index contributed by atoms with van der Waals surface area (Å²) in [5.74, 6) is 0. The average molecular weight is 196 g/mol. The molecular weight excluding hydrogens is 184 g/mol. The molecule has 2 atom stereocenters. The molecule has 0 spiro atoms. The lowest BCUT2D eigenvalue weighted by molar-refractivity contribution is 0.962. The fourth-order valence-electron chi connectivity index (χ4n) is 1.90. The number of hydrogen-bond acceptors (Lipinski definition) is 2. The van der Waals surface area contributed by atoms with Gasteiger partial charge in [0.25, 0.3) is 0 Å². The molecule has 15 heavy (non-hydrogen) atoms. The standard InChI is InChI=1S/C13H12N2/c1-2-6-10(7-3-1)12-13(15-12)11-8-4-5-9-14-11/h1-9,12-13,15H/t12-,13+/m1/s1. The first-order chi connectivity index (χ1) is 7.45. The minimum absolute atomic E-state index is 0.397. The second-order valence-corrected chi connectivity index (χ2v) is 3.79. The topological polar surface area (TPSA) is 34.8 Å². The Bertz CT molecular complexity index is 395. The Morgan fingerprint density at radius 3 is 2.40 bits per heavy atom. The van der Waals surface area contributed by atoms with Gasteiger partial charge in [0.15, 0.2) is 0 Å². The minimum atomic E-state index is 0.397. The Labute approximate surface area is 89.0 Å². The van der Waals surface area contributed by atoms with Crippen molar-refractivity contribution in [3.63, 3.8) is 0 Å². The van der Waals surface area contributed by atoms with E-state index in [1.807, 2.05) is 24.4 Å². The van der Waals surface area contributed by atoms with Gasteiger partial charge in [-0.25, -0.2) is 0 Å². The summed E-state index contributed by atoms with van der Waals surface area (Å²) in [6.07, 6.45) is 1.84. The van der Waals surface area contributed by atoms with Crippen LogP contribution in [0.25, 0.3) is 0 Å². The summed E-state index contributed by atoms with van der Waals surface area (Å²) in [6.45, 7) is 0. The first-order valence-electron chi connectivity index (χ1n) is 5.17. The first-order valence-corrected chi connectivity index (χ1v) is 5.17. The molecule has 1 aromatic carbocycles. The van der Waals surface area contributed by atoms with E-state index in [1.165, 1.54) is 5.56 Å². The monoisotopic (exact) mass is 196 g/mol. The van der Waals surface area contributed by atoms with Crippen molar-refractivity contribution in [2.24, 2.45) is 0 Å². The number of nitrogens with one attached hydrogen (secondary N) is 1. The second kappa shape index (κ2) is 3.48. The van der Waals surface area contributed by atoms with E-state index < -0.39 is 0 Å². The highest BCUT2D eigenvalue weighted by Crippen LogP contribution is 2.40. The SMILES string of the molecule is c1ccc([C@H]2N[C@H]2c2ccccn2)cc1. The third-order valence-electron chi connectivity index (χ3n) is 2.75. The summed E-state index contributed by atoms with van der Waals surface area (Å²) < 4.78 is 0. The Kier molecular flexibility index (Phi) is 2.00. The van der Waals surface area contributed by atoms with Crippen LogP contribution in [0.15, 0.2) is 54.7 Å². The Balaban J connectivity index is 1.81. The molecule has 0 radical (unpaired) electrons. The first kappa shape index (κ1) is 8.62. The summed E-state index contributed by atoms with van der Waals surface area (Å²) in [4.78, 5) is 4.35. The molecule has 74 valence electrons. The highest BCUT2D eigenvalue weighted by molar-refractivity contribution is 5.30. The lowest BCUT2D eigenvalue weighted by Gasteiger charge is -1.97. The van der Waals surface area contributed by atoms with Gasteiger partial charge < -0.3 is 0 Å². The number of benzene rings is 1. The molecule has 1 aliphatic rings. The number of nitrogens with zero attached hydrogens (tertiary/aromatic N) is 1. The number of rotatable bonds is 2. The van der Waals surface area contributed by atoms with Crippen molar-refractivity contribution in [3.05, 3.63) is 66.0 Å². The van der Waals surface area contributed by atoms with Gasteiger partial charge in [-0.2, -0.15) is 0 Å². The van der Waals surface area contributed by atoms with Crippen LogP contribution in [-0.2, 0) is 0 Å². The van der Waals surface area contributed by atoms with Crippen LogP contribution < -0.4 is 5.32 Å². The number of hydrogen-bond donors (Lipinski definition) is 1. The van der Waals surface area contributed by atoms with Crippen LogP contribution in [0.3, 0.4) is 0 Å². The van der Waals surface area contributed by atoms with Crippen molar-refractivity contribution in [2.45, 2.75) is 12.1 Å². The Morgan fingerprint density at radius 1 is 0.867 bits per heavy atom. The van der Waals surface area contributed by atoms with Crippen LogP contribution in [0.4, 0.5) is 0 Å². The van der Waals surface area contributed by atoms with E-state index in [0.29, 0.717) is 12.1 Å². The Hall–Kier alpha value is -1.67. The van der Waals surface area contributed by atoms with E-state index in [-0.39, 0.29) is 0 Å². The van der Waals surface area contributed by atoms with Gasteiger partial charge in [-0.05, 0) is 17.7 Å². The maximum Gasteiger partial charge on any atom is 0.0698 e. The van der Waals surface area contributed by atoms with Gasteiger partial charge in [0.2, 0.25) is 0 Å². The average Bonchev–Trinajstić information content (AvgIpc) is 3.11. The fourth-order valence-corrected chi connectivity index (χ4v) is 1.90. The third-order valence-corrected chi connectivity index (χ3v) is 2.75. The van der Waals surface area contributed by atoms with Gasteiger partial charge in [-0.1, -0.05) is 36.4 Å². The van der Waals surface area contributed by atoms with Gasteiger partial charge in [0, 0.05) is 6.20 Å². The molecule has 1 saturated heterocycles. The number of pyridine rings is 1. The molecular formula is C13H12N2. The van der Waals surface area contributed by atoms with E-state index in [2.05, 4.69) is 40.6 Å². The van der Waals surface area contributed by atoms with Gasteiger partial charge in [0.05, 0.1) is 17.8 Å². The predicted molar refractivity (Wildman–Crippen MR) is 59.3 cm³/mol. The summed E-state index contributed by atoms with van der Waals surface area (Å²) in [7, 11) is 0. The molecule has 1 fully saturated rings. The molecule has 2 heteroatoms. The van der Waals surface area contributed by atoms with Crippen LogP contribution in [-0.4, -0.2) is 4.98 Å². The van der Waals surface area contributed by atoms with Crippen molar-refractivity contribution in [1.82, 2.24) is 10.3 Å². The zero-order valence-corrected chi connectivity index (χ0v) is 8.30. The van der Waals surface area contributed by atoms with Crippen LogP contribution in [0.5, 0.6) is 0 Å². The second-order valence-electron chi connectivity index (χ2n) is 3.79. The lowest BCUT2D eigenvalue weighted by Crippen LogP contribution is -1.87. The summed E-state index contributed by atoms with van der Waals surface area (Å²) in [5.41, 5.74) is 2.47. The zero-order chi connectivity index (χ0) is 10.1. The summed E-state index contributed by atoms with van der Waals surface area (Å²) in [6, 6.07) is 17.4. The van der Waals surface area contributed by atoms with Crippen molar-refractivity contribution < 1.29 is 0 Å². The highest BCUT2D eigenvalue weighted by Gasteiger charge is 2.39. The smallest absolute Gasteiger partial charge is 0.0698 e.